The van der Waals surface area contributed by atoms with Crippen LogP contribution in [0.3, 0.4) is 0 Å². The predicted octanol–water partition coefficient (Wildman–Crippen LogP) is 2.62. The van der Waals surface area contributed by atoms with Gasteiger partial charge in [-0.25, -0.2) is 0 Å². The molecule has 1 heterocycles. The molecule has 21 heavy (non-hydrogen) atoms. The molecule has 1 aliphatic heterocycles. The van der Waals surface area contributed by atoms with Crippen LogP contribution in [0.5, 0.6) is 0 Å². The molecule has 1 unspecified atom stereocenters. The second-order valence-electron chi connectivity index (χ2n) is 5.80. The third-order valence-corrected chi connectivity index (χ3v) is 4.49. The van der Waals surface area contributed by atoms with Crippen molar-refractivity contribution in [1.82, 2.24) is 10.2 Å². The molecule has 0 aromatic heterocycles. The summed E-state index contributed by atoms with van der Waals surface area (Å²) in [5.41, 5.74) is 2.07. The molecule has 1 N–H and O–H groups in total. The molecule has 0 radical (unpaired) electrons. The van der Waals surface area contributed by atoms with E-state index in [0.29, 0.717) is 0 Å². The fourth-order valence-electron chi connectivity index (χ4n) is 3.12. The number of rotatable bonds is 3. The Bertz CT molecular complexity index is 659. The fourth-order valence-corrected chi connectivity index (χ4v) is 3.12. The molecule has 2 aromatic rings. The monoisotopic (exact) mass is 282 g/mol. The van der Waals surface area contributed by atoms with Crippen LogP contribution in [-0.2, 0) is 0 Å². The largest absolute Gasteiger partial charge is 0.314 e. The number of benzene rings is 2. The molecular weight excluding hydrogens is 260 g/mol. The van der Waals surface area contributed by atoms with E-state index in [1.54, 1.807) is 0 Å². The lowest BCUT2D eigenvalue weighted by Crippen LogP contribution is -2.50. The molecule has 0 aliphatic carbocycles. The zero-order valence-corrected chi connectivity index (χ0v) is 12.7. The van der Waals surface area contributed by atoms with Gasteiger partial charge < -0.3 is 5.32 Å². The van der Waals surface area contributed by atoms with Crippen LogP contribution in [-0.4, -0.2) is 42.9 Å². The van der Waals surface area contributed by atoms with Crippen LogP contribution < -0.4 is 5.32 Å². The SMILES string of the molecule is Cc1ccc(C(=O)C(C)N2CCNCC2)c2ccccc12. The Labute approximate surface area is 125 Å². The van der Waals surface area contributed by atoms with E-state index in [9.17, 15) is 4.79 Å². The summed E-state index contributed by atoms with van der Waals surface area (Å²) in [6.45, 7) is 7.94. The molecule has 1 atom stereocenters. The average Bonchev–Trinajstić information content (AvgIpc) is 2.55. The molecule has 0 amide bonds. The smallest absolute Gasteiger partial charge is 0.180 e. The Kier molecular flexibility index (Phi) is 4.04. The molecule has 3 nitrogen and oxygen atoms in total. The van der Waals surface area contributed by atoms with E-state index in [4.69, 9.17) is 0 Å². The van der Waals surface area contributed by atoms with E-state index in [1.165, 1.54) is 10.9 Å². The summed E-state index contributed by atoms with van der Waals surface area (Å²) in [5.74, 6) is 0.230. The Morgan fingerprint density at radius 3 is 2.48 bits per heavy atom. The number of Topliss-reactive ketones (excluding diaryl/α,β-unsaturated/α-hetero) is 1. The molecule has 1 fully saturated rings. The summed E-state index contributed by atoms with van der Waals surface area (Å²) in [6.07, 6.45) is 0. The highest BCUT2D eigenvalue weighted by Gasteiger charge is 2.24. The number of aryl methyl sites for hydroxylation is 1. The van der Waals surface area contributed by atoms with Crippen molar-refractivity contribution in [3.05, 3.63) is 47.5 Å². The van der Waals surface area contributed by atoms with Crippen LogP contribution in [0.1, 0.15) is 22.8 Å². The van der Waals surface area contributed by atoms with Crippen molar-refractivity contribution in [2.24, 2.45) is 0 Å². The van der Waals surface area contributed by atoms with Crippen molar-refractivity contribution in [2.75, 3.05) is 26.2 Å². The lowest BCUT2D eigenvalue weighted by Gasteiger charge is -2.32. The minimum Gasteiger partial charge on any atom is -0.314 e. The van der Waals surface area contributed by atoms with E-state index in [2.05, 4.69) is 35.3 Å². The van der Waals surface area contributed by atoms with Gasteiger partial charge in [0.25, 0.3) is 0 Å². The van der Waals surface area contributed by atoms with Crippen molar-refractivity contribution in [1.29, 1.82) is 0 Å². The van der Waals surface area contributed by atoms with Gasteiger partial charge in [0.05, 0.1) is 6.04 Å². The van der Waals surface area contributed by atoms with Gasteiger partial charge in [0.15, 0.2) is 5.78 Å². The highest BCUT2D eigenvalue weighted by Crippen LogP contribution is 2.24. The van der Waals surface area contributed by atoms with Crippen LogP contribution >= 0.6 is 0 Å². The van der Waals surface area contributed by atoms with Crippen molar-refractivity contribution in [3.63, 3.8) is 0 Å². The van der Waals surface area contributed by atoms with E-state index >= 15 is 0 Å². The van der Waals surface area contributed by atoms with Crippen molar-refractivity contribution in [3.8, 4) is 0 Å². The summed E-state index contributed by atoms with van der Waals surface area (Å²) in [6, 6.07) is 12.2. The lowest BCUT2D eigenvalue weighted by molar-refractivity contribution is 0.0822. The Hall–Kier alpha value is -1.71. The first-order chi connectivity index (χ1) is 10.2. The van der Waals surface area contributed by atoms with E-state index < -0.39 is 0 Å². The van der Waals surface area contributed by atoms with E-state index in [-0.39, 0.29) is 11.8 Å². The minimum atomic E-state index is -0.0572. The molecule has 1 saturated heterocycles. The van der Waals surface area contributed by atoms with Gasteiger partial charge in [0, 0.05) is 31.7 Å². The van der Waals surface area contributed by atoms with E-state index in [0.717, 1.165) is 37.1 Å². The summed E-state index contributed by atoms with van der Waals surface area (Å²) < 4.78 is 0. The zero-order valence-electron chi connectivity index (χ0n) is 12.7. The van der Waals surface area contributed by atoms with Crippen molar-refractivity contribution >= 4 is 16.6 Å². The predicted molar refractivity (Wildman–Crippen MR) is 86.9 cm³/mol. The Balaban J connectivity index is 1.96. The molecule has 2 aromatic carbocycles. The first-order valence-electron chi connectivity index (χ1n) is 7.66. The maximum absolute atomic E-state index is 12.9. The van der Waals surface area contributed by atoms with Gasteiger partial charge in [0.1, 0.15) is 0 Å². The number of ketones is 1. The third kappa shape index (κ3) is 2.71. The van der Waals surface area contributed by atoms with Crippen molar-refractivity contribution in [2.45, 2.75) is 19.9 Å². The molecule has 0 bridgehead atoms. The maximum Gasteiger partial charge on any atom is 0.180 e. The van der Waals surface area contributed by atoms with E-state index in [1.807, 2.05) is 25.1 Å². The molecule has 3 heteroatoms. The van der Waals surface area contributed by atoms with Gasteiger partial charge in [-0.05, 0) is 30.2 Å². The number of carbonyl (C=O) groups is 1. The van der Waals surface area contributed by atoms with Crippen LogP contribution in [0, 0.1) is 6.92 Å². The summed E-state index contributed by atoms with van der Waals surface area (Å²) in [5, 5.41) is 5.58. The minimum absolute atomic E-state index is 0.0572. The van der Waals surface area contributed by atoms with Gasteiger partial charge in [-0.3, -0.25) is 9.69 Å². The number of piperazine rings is 1. The van der Waals surface area contributed by atoms with Gasteiger partial charge in [-0.1, -0.05) is 36.4 Å². The Morgan fingerprint density at radius 2 is 1.76 bits per heavy atom. The second kappa shape index (κ2) is 5.96. The fraction of sp³-hybridized carbons (Fsp3) is 0.389. The first kappa shape index (κ1) is 14.2. The van der Waals surface area contributed by atoms with Gasteiger partial charge in [0.2, 0.25) is 0 Å². The molecule has 0 saturated carbocycles. The molecular formula is C18H22N2O. The van der Waals surface area contributed by atoms with Gasteiger partial charge in [-0.15, -0.1) is 0 Å². The number of nitrogens with zero attached hydrogens (tertiary/aromatic N) is 1. The average molecular weight is 282 g/mol. The number of hydrogen-bond donors (Lipinski definition) is 1. The zero-order chi connectivity index (χ0) is 14.8. The summed E-state index contributed by atoms with van der Waals surface area (Å²) in [7, 11) is 0. The highest BCUT2D eigenvalue weighted by atomic mass is 16.1. The molecule has 0 spiro atoms. The lowest BCUT2D eigenvalue weighted by atomic mass is 9.95. The molecule has 1 aliphatic rings. The topological polar surface area (TPSA) is 32.3 Å². The Morgan fingerprint density at radius 1 is 1.10 bits per heavy atom. The second-order valence-corrected chi connectivity index (χ2v) is 5.80. The molecule has 3 rings (SSSR count). The summed E-state index contributed by atoms with van der Waals surface area (Å²) in [4.78, 5) is 15.2. The quantitative estimate of drug-likeness (QED) is 0.878. The number of nitrogens with one attached hydrogen (secondary N) is 1. The van der Waals surface area contributed by atoms with Crippen LogP contribution in [0.2, 0.25) is 0 Å². The van der Waals surface area contributed by atoms with Gasteiger partial charge in [-0.2, -0.15) is 0 Å². The third-order valence-electron chi connectivity index (χ3n) is 4.49. The number of carbonyl (C=O) groups excluding carboxylic acids is 1. The molecule has 110 valence electrons. The maximum atomic E-state index is 12.9. The standard InChI is InChI=1S/C18H22N2O/c1-13-7-8-17(16-6-4-3-5-15(13)16)18(21)14(2)20-11-9-19-10-12-20/h3-8,14,19H,9-12H2,1-2H3. The number of hydrogen-bond acceptors (Lipinski definition) is 3. The van der Waals surface area contributed by atoms with Crippen LogP contribution in [0.25, 0.3) is 10.8 Å². The normalized spacial score (nSPS) is 17.8. The van der Waals surface area contributed by atoms with Crippen LogP contribution in [0.4, 0.5) is 0 Å². The van der Waals surface area contributed by atoms with Crippen LogP contribution in [0.15, 0.2) is 36.4 Å². The number of fused-ring (bicyclic) bond motifs is 1. The highest BCUT2D eigenvalue weighted by molar-refractivity contribution is 6.11. The first-order valence-corrected chi connectivity index (χ1v) is 7.66. The van der Waals surface area contributed by atoms with Gasteiger partial charge >= 0.3 is 0 Å². The van der Waals surface area contributed by atoms with Crippen molar-refractivity contribution < 1.29 is 4.79 Å². The summed E-state index contributed by atoms with van der Waals surface area (Å²) >= 11 is 0.